The SMILES string of the molecule is CCc1cc(CBr)ccc1C(=O)O. The third-order valence-electron chi connectivity index (χ3n) is 1.94. The van der Waals surface area contributed by atoms with E-state index < -0.39 is 5.97 Å². The Hall–Kier alpha value is -0.830. The van der Waals surface area contributed by atoms with Gasteiger partial charge in [-0.05, 0) is 23.6 Å². The van der Waals surface area contributed by atoms with Crippen molar-refractivity contribution < 1.29 is 9.90 Å². The second kappa shape index (κ2) is 4.42. The van der Waals surface area contributed by atoms with Gasteiger partial charge in [0.1, 0.15) is 0 Å². The average Bonchev–Trinajstić information content (AvgIpc) is 2.16. The van der Waals surface area contributed by atoms with Gasteiger partial charge in [-0.25, -0.2) is 4.79 Å². The molecule has 0 aromatic heterocycles. The summed E-state index contributed by atoms with van der Waals surface area (Å²) in [5.74, 6) is -0.849. The van der Waals surface area contributed by atoms with Crippen molar-refractivity contribution in [2.75, 3.05) is 0 Å². The highest BCUT2D eigenvalue weighted by molar-refractivity contribution is 9.08. The molecule has 0 aliphatic carbocycles. The van der Waals surface area contributed by atoms with Crippen LogP contribution in [-0.4, -0.2) is 11.1 Å². The molecular weight excluding hydrogens is 232 g/mol. The summed E-state index contributed by atoms with van der Waals surface area (Å²) in [6.07, 6.45) is 0.752. The Labute approximate surface area is 85.7 Å². The molecule has 0 radical (unpaired) electrons. The number of alkyl halides is 1. The van der Waals surface area contributed by atoms with Crippen molar-refractivity contribution in [2.24, 2.45) is 0 Å². The first-order chi connectivity index (χ1) is 6.19. The lowest BCUT2D eigenvalue weighted by Gasteiger charge is -2.04. The normalized spacial score (nSPS) is 10.0. The Balaban J connectivity index is 3.15. The van der Waals surface area contributed by atoms with Gasteiger partial charge in [-0.2, -0.15) is 0 Å². The van der Waals surface area contributed by atoms with Crippen LogP contribution in [0.4, 0.5) is 0 Å². The molecule has 1 aromatic carbocycles. The van der Waals surface area contributed by atoms with Gasteiger partial charge in [0, 0.05) is 5.33 Å². The Morgan fingerprint density at radius 2 is 2.23 bits per heavy atom. The van der Waals surface area contributed by atoms with Gasteiger partial charge in [-0.3, -0.25) is 0 Å². The highest BCUT2D eigenvalue weighted by Gasteiger charge is 2.08. The minimum Gasteiger partial charge on any atom is -0.478 e. The van der Waals surface area contributed by atoms with Gasteiger partial charge < -0.3 is 5.11 Å². The van der Waals surface area contributed by atoms with Crippen LogP contribution >= 0.6 is 15.9 Å². The molecule has 13 heavy (non-hydrogen) atoms. The van der Waals surface area contributed by atoms with Crippen molar-refractivity contribution in [3.63, 3.8) is 0 Å². The number of aromatic carboxylic acids is 1. The van der Waals surface area contributed by atoms with E-state index in [1.165, 1.54) is 0 Å². The minimum absolute atomic E-state index is 0.409. The monoisotopic (exact) mass is 242 g/mol. The van der Waals surface area contributed by atoms with Crippen LogP contribution in [0.1, 0.15) is 28.4 Å². The number of hydrogen-bond donors (Lipinski definition) is 1. The molecule has 0 saturated heterocycles. The Morgan fingerprint density at radius 1 is 1.54 bits per heavy atom. The lowest BCUT2D eigenvalue weighted by atomic mass is 10.0. The highest BCUT2D eigenvalue weighted by atomic mass is 79.9. The van der Waals surface area contributed by atoms with Gasteiger partial charge in [0.05, 0.1) is 5.56 Å². The lowest BCUT2D eigenvalue weighted by Crippen LogP contribution is -2.02. The van der Waals surface area contributed by atoms with E-state index in [1.54, 1.807) is 6.07 Å². The lowest BCUT2D eigenvalue weighted by molar-refractivity contribution is 0.0696. The van der Waals surface area contributed by atoms with E-state index in [1.807, 2.05) is 19.1 Å². The zero-order chi connectivity index (χ0) is 9.84. The third kappa shape index (κ3) is 2.31. The van der Waals surface area contributed by atoms with E-state index in [4.69, 9.17) is 5.11 Å². The van der Waals surface area contributed by atoms with Crippen molar-refractivity contribution >= 4 is 21.9 Å². The topological polar surface area (TPSA) is 37.3 Å². The number of carboxylic acid groups (broad SMARTS) is 1. The Kier molecular flexibility index (Phi) is 3.48. The molecule has 0 unspecified atom stereocenters. The van der Waals surface area contributed by atoms with Crippen LogP contribution < -0.4 is 0 Å². The number of aryl methyl sites for hydroxylation is 1. The molecule has 70 valence electrons. The predicted octanol–water partition coefficient (Wildman–Crippen LogP) is 2.84. The molecule has 0 heterocycles. The van der Waals surface area contributed by atoms with Crippen molar-refractivity contribution in [1.82, 2.24) is 0 Å². The van der Waals surface area contributed by atoms with Gasteiger partial charge >= 0.3 is 5.97 Å². The van der Waals surface area contributed by atoms with Crippen LogP contribution in [0.3, 0.4) is 0 Å². The molecule has 0 saturated carbocycles. The highest BCUT2D eigenvalue weighted by Crippen LogP contribution is 2.14. The van der Waals surface area contributed by atoms with Crippen LogP contribution in [0.2, 0.25) is 0 Å². The summed E-state index contributed by atoms with van der Waals surface area (Å²) >= 11 is 3.33. The zero-order valence-electron chi connectivity index (χ0n) is 7.38. The van der Waals surface area contributed by atoms with Gasteiger partial charge in [-0.15, -0.1) is 0 Å². The molecule has 0 aliphatic heterocycles. The number of carbonyl (C=O) groups is 1. The second-order valence-electron chi connectivity index (χ2n) is 2.78. The van der Waals surface area contributed by atoms with E-state index in [2.05, 4.69) is 15.9 Å². The zero-order valence-corrected chi connectivity index (χ0v) is 8.97. The molecular formula is C10H11BrO2. The number of halogens is 1. The smallest absolute Gasteiger partial charge is 0.335 e. The van der Waals surface area contributed by atoms with E-state index >= 15 is 0 Å². The first-order valence-corrected chi connectivity index (χ1v) is 5.22. The maximum absolute atomic E-state index is 10.8. The summed E-state index contributed by atoms with van der Waals surface area (Å²) in [6.45, 7) is 1.96. The summed E-state index contributed by atoms with van der Waals surface area (Å²) in [5.41, 5.74) is 2.42. The fourth-order valence-corrected chi connectivity index (χ4v) is 1.58. The van der Waals surface area contributed by atoms with E-state index in [0.29, 0.717) is 5.56 Å². The van der Waals surface area contributed by atoms with Crippen molar-refractivity contribution in [1.29, 1.82) is 0 Å². The van der Waals surface area contributed by atoms with Gasteiger partial charge in [0.2, 0.25) is 0 Å². The first-order valence-electron chi connectivity index (χ1n) is 4.10. The molecule has 1 aromatic rings. The average molecular weight is 243 g/mol. The molecule has 0 bridgehead atoms. The molecule has 0 amide bonds. The maximum Gasteiger partial charge on any atom is 0.335 e. The van der Waals surface area contributed by atoms with Crippen LogP contribution in [0.15, 0.2) is 18.2 Å². The molecule has 0 spiro atoms. The van der Waals surface area contributed by atoms with E-state index in [-0.39, 0.29) is 0 Å². The summed E-state index contributed by atoms with van der Waals surface area (Å²) < 4.78 is 0. The summed E-state index contributed by atoms with van der Waals surface area (Å²) in [4.78, 5) is 10.8. The van der Waals surface area contributed by atoms with Crippen LogP contribution in [-0.2, 0) is 11.8 Å². The van der Waals surface area contributed by atoms with Gasteiger partial charge in [0.25, 0.3) is 0 Å². The number of benzene rings is 1. The van der Waals surface area contributed by atoms with Gasteiger partial charge in [-0.1, -0.05) is 35.0 Å². The molecule has 1 N–H and O–H groups in total. The molecule has 0 fully saturated rings. The quantitative estimate of drug-likeness (QED) is 0.829. The van der Waals surface area contributed by atoms with Crippen molar-refractivity contribution in [3.8, 4) is 0 Å². The maximum atomic E-state index is 10.8. The molecule has 0 atom stereocenters. The molecule has 2 nitrogen and oxygen atoms in total. The largest absolute Gasteiger partial charge is 0.478 e. The third-order valence-corrected chi connectivity index (χ3v) is 2.58. The Bertz CT molecular complexity index is 321. The molecule has 0 aliphatic rings. The van der Waals surface area contributed by atoms with Crippen LogP contribution in [0.25, 0.3) is 0 Å². The number of rotatable bonds is 3. The van der Waals surface area contributed by atoms with Crippen LogP contribution in [0.5, 0.6) is 0 Å². The Morgan fingerprint density at radius 3 is 2.69 bits per heavy atom. The standard InChI is InChI=1S/C10H11BrO2/c1-2-8-5-7(6-11)3-4-9(8)10(12)13/h3-5H,2,6H2,1H3,(H,12,13). The summed E-state index contributed by atoms with van der Waals surface area (Å²) in [5, 5.41) is 9.61. The summed E-state index contributed by atoms with van der Waals surface area (Å²) in [7, 11) is 0. The first kappa shape index (κ1) is 10.3. The molecule has 1 rings (SSSR count). The van der Waals surface area contributed by atoms with Gasteiger partial charge in [0.15, 0.2) is 0 Å². The number of carboxylic acids is 1. The van der Waals surface area contributed by atoms with Crippen molar-refractivity contribution in [3.05, 3.63) is 34.9 Å². The fraction of sp³-hybridized carbons (Fsp3) is 0.300. The predicted molar refractivity (Wildman–Crippen MR) is 55.4 cm³/mol. The van der Waals surface area contributed by atoms with Crippen molar-refractivity contribution in [2.45, 2.75) is 18.7 Å². The minimum atomic E-state index is -0.849. The number of hydrogen-bond acceptors (Lipinski definition) is 1. The molecule has 3 heteroatoms. The summed E-state index contributed by atoms with van der Waals surface area (Å²) in [6, 6.07) is 5.42. The van der Waals surface area contributed by atoms with E-state index in [9.17, 15) is 4.79 Å². The van der Waals surface area contributed by atoms with Crippen LogP contribution in [0, 0.1) is 0 Å². The second-order valence-corrected chi connectivity index (χ2v) is 3.34. The fourth-order valence-electron chi connectivity index (χ4n) is 1.23. The van der Waals surface area contributed by atoms with E-state index in [0.717, 1.165) is 22.9 Å².